The Labute approximate surface area is 68.1 Å². The van der Waals surface area contributed by atoms with E-state index in [1.807, 2.05) is 6.92 Å². The fourth-order valence-corrected chi connectivity index (χ4v) is 1.96. The number of hydrogen-bond acceptors (Lipinski definition) is 2. The number of alkyl halides is 1. The maximum Gasteiger partial charge on any atom is 0.306 e. The first-order valence-corrected chi connectivity index (χ1v) is 4.52. The van der Waals surface area contributed by atoms with E-state index < -0.39 is 0 Å². The van der Waals surface area contributed by atoms with Crippen LogP contribution in [0.4, 0.5) is 0 Å². The smallest absolute Gasteiger partial charge is 0.306 e. The SMILES string of the molecule is C[C@H]1CC(=O)O[C@H]1CI. The molecule has 52 valence electrons. The van der Waals surface area contributed by atoms with Gasteiger partial charge in [0.15, 0.2) is 0 Å². The number of rotatable bonds is 1. The van der Waals surface area contributed by atoms with Crippen molar-refractivity contribution >= 4 is 28.6 Å². The topological polar surface area (TPSA) is 26.3 Å². The third kappa shape index (κ3) is 1.56. The Bertz CT molecular complexity index is 124. The van der Waals surface area contributed by atoms with E-state index in [9.17, 15) is 4.79 Å². The normalized spacial score (nSPS) is 34.7. The molecule has 0 aromatic carbocycles. The average molecular weight is 240 g/mol. The summed E-state index contributed by atoms with van der Waals surface area (Å²) < 4.78 is 5.90. The number of esters is 1. The molecule has 9 heavy (non-hydrogen) atoms. The first-order chi connectivity index (χ1) is 4.24. The molecule has 2 nitrogen and oxygen atoms in total. The highest BCUT2D eigenvalue weighted by Gasteiger charge is 2.29. The van der Waals surface area contributed by atoms with Gasteiger partial charge in [0.05, 0.1) is 6.42 Å². The molecular formula is C6H9IO2. The summed E-state index contributed by atoms with van der Waals surface area (Å²) in [6.45, 7) is 2.05. The molecule has 0 N–H and O–H groups in total. The van der Waals surface area contributed by atoms with Crippen molar-refractivity contribution < 1.29 is 9.53 Å². The van der Waals surface area contributed by atoms with Crippen molar-refractivity contribution in [1.82, 2.24) is 0 Å². The fourth-order valence-electron chi connectivity index (χ4n) is 0.911. The zero-order valence-electron chi connectivity index (χ0n) is 5.26. The van der Waals surface area contributed by atoms with Crippen LogP contribution in [0.15, 0.2) is 0 Å². The lowest BCUT2D eigenvalue weighted by Crippen LogP contribution is -2.14. The van der Waals surface area contributed by atoms with Gasteiger partial charge < -0.3 is 4.74 Å². The minimum atomic E-state index is -0.0378. The van der Waals surface area contributed by atoms with Crippen LogP contribution in [0.1, 0.15) is 13.3 Å². The molecule has 1 aliphatic rings. The molecule has 0 bridgehead atoms. The Balaban J connectivity index is 2.47. The first-order valence-electron chi connectivity index (χ1n) is 2.99. The maximum atomic E-state index is 10.6. The van der Waals surface area contributed by atoms with Gasteiger partial charge in [0.1, 0.15) is 6.10 Å². The third-order valence-corrected chi connectivity index (χ3v) is 2.43. The van der Waals surface area contributed by atoms with E-state index in [1.54, 1.807) is 0 Å². The van der Waals surface area contributed by atoms with Gasteiger partial charge in [-0.3, -0.25) is 4.79 Å². The molecule has 0 aromatic rings. The van der Waals surface area contributed by atoms with E-state index in [2.05, 4.69) is 22.6 Å². The van der Waals surface area contributed by atoms with Crippen molar-refractivity contribution in [3.8, 4) is 0 Å². The summed E-state index contributed by atoms with van der Waals surface area (Å²) >= 11 is 2.24. The Morgan fingerprint density at radius 1 is 1.89 bits per heavy atom. The summed E-state index contributed by atoms with van der Waals surface area (Å²) in [6, 6.07) is 0. The van der Waals surface area contributed by atoms with Crippen LogP contribution in [-0.2, 0) is 9.53 Å². The molecule has 0 amide bonds. The van der Waals surface area contributed by atoms with E-state index in [0.717, 1.165) is 4.43 Å². The zero-order chi connectivity index (χ0) is 6.85. The summed E-state index contributed by atoms with van der Waals surface area (Å²) in [6.07, 6.45) is 0.784. The van der Waals surface area contributed by atoms with Crippen molar-refractivity contribution in [2.75, 3.05) is 4.43 Å². The molecule has 1 saturated heterocycles. The Morgan fingerprint density at radius 2 is 2.56 bits per heavy atom. The number of cyclic esters (lactones) is 1. The molecule has 0 spiro atoms. The molecule has 1 rings (SSSR count). The van der Waals surface area contributed by atoms with Gasteiger partial charge in [-0.15, -0.1) is 0 Å². The number of halogens is 1. The van der Waals surface area contributed by atoms with Crippen LogP contribution in [-0.4, -0.2) is 16.5 Å². The van der Waals surface area contributed by atoms with Gasteiger partial charge in [0, 0.05) is 10.3 Å². The van der Waals surface area contributed by atoms with Crippen LogP contribution < -0.4 is 0 Å². The van der Waals surface area contributed by atoms with Gasteiger partial charge in [0.25, 0.3) is 0 Å². The highest BCUT2D eigenvalue weighted by atomic mass is 127. The maximum absolute atomic E-state index is 10.6. The predicted octanol–water partition coefficient (Wildman–Crippen LogP) is 1.37. The van der Waals surface area contributed by atoms with Crippen molar-refractivity contribution in [1.29, 1.82) is 0 Å². The second-order valence-electron chi connectivity index (χ2n) is 2.36. The summed E-state index contributed by atoms with van der Waals surface area (Å²) in [5.74, 6) is 0.388. The monoisotopic (exact) mass is 240 g/mol. The number of ether oxygens (including phenoxy) is 1. The lowest BCUT2D eigenvalue weighted by molar-refractivity contribution is -0.140. The van der Waals surface area contributed by atoms with Crippen LogP contribution in [0, 0.1) is 5.92 Å². The molecule has 0 aromatic heterocycles. The van der Waals surface area contributed by atoms with Crippen molar-refractivity contribution in [2.45, 2.75) is 19.4 Å². The Kier molecular flexibility index (Phi) is 2.32. The molecule has 3 heteroatoms. The van der Waals surface area contributed by atoms with Gasteiger partial charge in [0.2, 0.25) is 0 Å². The van der Waals surface area contributed by atoms with E-state index in [1.165, 1.54) is 0 Å². The largest absolute Gasteiger partial charge is 0.461 e. The highest BCUT2D eigenvalue weighted by molar-refractivity contribution is 14.1. The lowest BCUT2D eigenvalue weighted by Gasteiger charge is -2.07. The number of carbonyl (C=O) groups is 1. The molecule has 1 fully saturated rings. The molecular weight excluding hydrogens is 231 g/mol. The van der Waals surface area contributed by atoms with Gasteiger partial charge in [-0.05, 0) is 0 Å². The molecule has 0 saturated carbocycles. The number of hydrogen-bond donors (Lipinski definition) is 0. The molecule has 0 radical (unpaired) electrons. The molecule has 0 aliphatic carbocycles. The Hall–Kier alpha value is 0.200. The summed E-state index contributed by atoms with van der Waals surface area (Å²) in [4.78, 5) is 10.6. The third-order valence-electron chi connectivity index (χ3n) is 1.56. The standard InChI is InChI=1S/C6H9IO2/c1-4-2-6(8)9-5(4)3-7/h4-5H,2-3H2,1H3/t4-,5-/m0/s1. The van der Waals surface area contributed by atoms with E-state index in [4.69, 9.17) is 4.74 Å². The van der Waals surface area contributed by atoms with Crippen LogP contribution in [0.3, 0.4) is 0 Å². The van der Waals surface area contributed by atoms with Crippen LogP contribution >= 0.6 is 22.6 Å². The second-order valence-corrected chi connectivity index (χ2v) is 3.24. The molecule has 0 unspecified atom stereocenters. The van der Waals surface area contributed by atoms with Crippen molar-refractivity contribution in [3.63, 3.8) is 0 Å². The average Bonchev–Trinajstić information content (AvgIpc) is 2.10. The number of carbonyl (C=O) groups excluding carboxylic acids is 1. The van der Waals surface area contributed by atoms with Crippen molar-refractivity contribution in [2.24, 2.45) is 5.92 Å². The Morgan fingerprint density at radius 3 is 2.78 bits per heavy atom. The second kappa shape index (κ2) is 2.86. The summed E-state index contributed by atoms with van der Waals surface area (Å²) in [5, 5.41) is 0. The van der Waals surface area contributed by atoms with E-state index in [0.29, 0.717) is 12.3 Å². The summed E-state index contributed by atoms with van der Waals surface area (Å²) in [7, 11) is 0. The highest BCUT2D eigenvalue weighted by Crippen LogP contribution is 2.22. The van der Waals surface area contributed by atoms with Crippen LogP contribution in [0.5, 0.6) is 0 Å². The van der Waals surface area contributed by atoms with Gasteiger partial charge in [-0.2, -0.15) is 0 Å². The fraction of sp³-hybridized carbons (Fsp3) is 0.833. The lowest BCUT2D eigenvalue weighted by atomic mass is 10.1. The van der Waals surface area contributed by atoms with Crippen molar-refractivity contribution in [3.05, 3.63) is 0 Å². The molecule has 2 atom stereocenters. The van der Waals surface area contributed by atoms with E-state index in [-0.39, 0.29) is 12.1 Å². The van der Waals surface area contributed by atoms with Gasteiger partial charge in [-0.25, -0.2) is 0 Å². The first kappa shape index (κ1) is 7.31. The quantitative estimate of drug-likeness (QED) is 0.393. The minimum absolute atomic E-state index is 0.0378. The van der Waals surface area contributed by atoms with Crippen LogP contribution in [0.25, 0.3) is 0 Å². The molecule has 1 heterocycles. The van der Waals surface area contributed by atoms with Gasteiger partial charge >= 0.3 is 5.97 Å². The van der Waals surface area contributed by atoms with E-state index >= 15 is 0 Å². The summed E-state index contributed by atoms with van der Waals surface area (Å²) in [5.41, 5.74) is 0. The van der Waals surface area contributed by atoms with Gasteiger partial charge in [-0.1, -0.05) is 29.5 Å². The van der Waals surface area contributed by atoms with Crippen LogP contribution in [0.2, 0.25) is 0 Å². The molecule has 1 aliphatic heterocycles. The zero-order valence-corrected chi connectivity index (χ0v) is 7.42. The predicted molar refractivity (Wildman–Crippen MR) is 42.5 cm³/mol. The minimum Gasteiger partial charge on any atom is -0.461 e.